The van der Waals surface area contributed by atoms with Gasteiger partial charge in [0.2, 0.25) is 0 Å². The first-order valence-corrected chi connectivity index (χ1v) is 13.7. The Labute approximate surface area is 221 Å². The normalized spacial score (nSPS) is 15.2. The molecule has 0 bridgehead atoms. The lowest BCUT2D eigenvalue weighted by molar-refractivity contribution is -0.00158. The summed E-state index contributed by atoms with van der Waals surface area (Å²) in [6.07, 6.45) is 2.87. The van der Waals surface area contributed by atoms with Crippen molar-refractivity contribution in [1.29, 1.82) is 4.78 Å². The van der Waals surface area contributed by atoms with Crippen molar-refractivity contribution in [2.75, 3.05) is 11.4 Å². The Morgan fingerprint density at radius 1 is 1.08 bits per heavy atom. The second-order valence-electron chi connectivity index (χ2n) is 10.4. The summed E-state index contributed by atoms with van der Waals surface area (Å²) in [7, 11) is -2.61. The predicted octanol–water partition coefficient (Wildman–Crippen LogP) is 6.54. The molecule has 2 aromatic rings. The number of aliphatic hydroxyl groups excluding tert-OH is 1. The summed E-state index contributed by atoms with van der Waals surface area (Å²) in [6, 6.07) is 11.4. The second-order valence-corrected chi connectivity index (χ2v) is 10.9. The Hall–Kier alpha value is -2.91. The maximum absolute atomic E-state index is 13.1. The maximum atomic E-state index is 13.1. The number of ether oxygens (including phenoxy) is 1. The molecule has 1 amide bonds. The molecular weight excluding hydrogens is 492 g/mol. The van der Waals surface area contributed by atoms with Crippen LogP contribution in [-0.2, 0) is 20.8 Å². The number of fused-ring (bicyclic) bond motifs is 1. The van der Waals surface area contributed by atoms with Gasteiger partial charge in [0.25, 0.3) is 0 Å². The van der Waals surface area contributed by atoms with Gasteiger partial charge in [-0.05, 0) is 80.2 Å². The van der Waals surface area contributed by atoms with E-state index in [1.165, 1.54) is 0 Å². The van der Waals surface area contributed by atoms with E-state index in [0.717, 1.165) is 53.6 Å². The number of aromatic hydroxyl groups is 1. The monoisotopic (exact) mass is 532 g/mol. The lowest BCUT2D eigenvalue weighted by Crippen LogP contribution is -2.47. The minimum Gasteiger partial charge on any atom is -0.508 e. The van der Waals surface area contributed by atoms with Crippen LogP contribution in [-0.4, -0.2) is 31.3 Å². The molecule has 0 saturated carbocycles. The van der Waals surface area contributed by atoms with Crippen LogP contribution in [0, 0.1) is 24.0 Å². The number of phenols is 1. The van der Waals surface area contributed by atoms with Crippen LogP contribution >= 0.6 is 0 Å². The molecule has 0 aliphatic carbocycles. The van der Waals surface area contributed by atoms with Gasteiger partial charge in [0.1, 0.15) is 11.4 Å². The highest BCUT2D eigenvalue weighted by molar-refractivity contribution is 7.60. The Kier molecular flexibility index (Phi) is 10.3. The quantitative estimate of drug-likeness (QED) is 0.336. The van der Waals surface area contributed by atoms with Crippen molar-refractivity contribution in [3.63, 3.8) is 0 Å². The van der Waals surface area contributed by atoms with Crippen molar-refractivity contribution >= 4 is 22.3 Å². The molecule has 8 nitrogen and oxygen atoms in total. The van der Waals surface area contributed by atoms with E-state index in [1.807, 2.05) is 19.1 Å². The van der Waals surface area contributed by atoms with Crippen LogP contribution in [0.15, 0.2) is 36.4 Å². The number of hydrogen-bond acceptors (Lipinski definition) is 7. The number of para-hydroxylation sites is 1. The number of carbonyl (C=O) groups excluding carboxylic acids is 1. The van der Waals surface area contributed by atoms with Gasteiger partial charge in [-0.2, -0.15) is 13.2 Å². The van der Waals surface area contributed by atoms with Gasteiger partial charge in [0, 0.05) is 12.1 Å². The highest BCUT2D eigenvalue weighted by Gasteiger charge is 2.43. The number of phenolic OH excluding ortho intramolecular Hbond substituents is 1. The van der Waals surface area contributed by atoms with Crippen LogP contribution in [0.2, 0.25) is 0 Å². The molecule has 204 valence electrons. The maximum Gasteiger partial charge on any atom is 0.415 e. The van der Waals surface area contributed by atoms with Gasteiger partial charge in [0.05, 0.1) is 11.8 Å². The first-order valence-electron chi connectivity index (χ1n) is 12.7. The molecule has 1 aliphatic rings. The zero-order valence-electron chi connectivity index (χ0n) is 22.7. The third-order valence-electron chi connectivity index (χ3n) is 7.36. The number of aryl methyl sites for hydroxylation is 2. The zero-order valence-corrected chi connectivity index (χ0v) is 23.5. The van der Waals surface area contributed by atoms with Gasteiger partial charge in [0.15, 0.2) is 0 Å². The molecule has 0 aromatic heterocycles. The minimum absolute atomic E-state index is 0.0693. The summed E-state index contributed by atoms with van der Waals surface area (Å²) in [5, 5.41) is 20.4. The van der Waals surface area contributed by atoms with Crippen molar-refractivity contribution in [2.45, 2.75) is 85.4 Å². The number of nitrogens with one attached hydrogen (secondary N) is 1. The lowest BCUT2D eigenvalue weighted by atomic mass is 9.81. The van der Waals surface area contributed by atoms with E-state index in [4.69, 9.17) is 17.9 Å². The number of anilines is 1. The van der Waals surface area contributed by atoms with E-state index in [-0.39, 0.29) is 17.3 Å². The van der Waals surface area contributed by atoms with E-state index in [9.17, 15) is 15.0 Å². The summed E-state index contributed by atoms with van der Waals surface area (Å²) in [4.78, 5) is 14.9. The largest absolute Gasteiger partial charge is 0.508 e. The van der Waals surface area contributed by atoms with Crippen LogP contribution in [0.3, 0.4) is 0 Å². The van der Waals surface area contributed by atoms with Crippen molar-refractivity contribution in [3.8, 4) is 5.75 Å². The molecule has 0 spiro atoms. The van der Waals surface area contributed by atoms with Crippen LogP contribution in [0.25, 0.3) is 0 Å². The number of carbonyl (C=O) groups is 1. The number of amides is 1. The van der Waals surface area contributed by atoms with E-state index < -0.39 is 22.2 Å². The standard InChI is InChI=1S/C28H39NO4.HNO2S/c1-7-28(8-2)22-11-9-10-19(3)25(22)29(26(32)33-28)17-16-27(5,6)15-14-24(31)21-12-13-23(30)20(4)18-21;1-4(2)3/h9-13,18,24,30-31H,7-8,14-17H2,1-6H3;1H. The molecule has 0 fully saturated rings. The van der Waals surface area contributed by atoms with Crippen molar-refractivity contribution in [2.24, 2.45) is 5.41 Å². The van der Waals surface area contributed by atoms with Gasteiger partial charge in [-0.15, -0.1) is 0 Å². The van der Waals surface area contributed by atoms with Crippen LogP contribution in [0.5, 0.6) is 5.75 Å². The van der Waals surface area contributed by atoms with Crippen LogP contribution < -0.4 is 4.90 Å². The van der Waals surface area contributed by atoms with E-state index in [1.54, 1.807) is 17.0 Å². The number of rotatable bonds is 9. The van der Waals surface area contributed by atoms with Gasteiger partial charge in [-0.3, -0.25) is 4.90 Å². The number of aliphatic hydroxyl groups is 1. The molecule has 1 heterocycles. The fourth-order valence-corrected chi connectivity index (χ4v) is 4.85. The van der Waals surface area contributed by atoms with E-state index in [2.05, 4.69) is 46.8 Å². The summed E-state index contributed by atoms with van der Waals surface area (Å²) in [5.74, 6) is 0.241. The summed E-state index contributed by atoms with van der Waals surface area (Å²) >= 11 is 0. The molecule has 3 N–H and O–H groups in total. The molecule has 2 aromatic carbocycles. The highest BCUT2D eigenvalue weighted by Crippen LogP contribution is 2.45. The Morgan fingerprint density at radius 3 is 2.27 bits per heavy atom. The van der Waals surface area contributed by atoms with Gasteiger partial charge < -0.3 is 14.9 Å². The first kappa shape index (κ1) is 30.3. The molecule has 3 rings (SSSR count). The Morgan fingerprint density at radius 2 is 1.70 bits per heavy atom. The molecule has 1 atom stereocenters. The van der Waals surface area contributed by atoms with E-state index >= 15 is 0 Å². The summed E-state index contributed by atoms with van der Waals surface area (Å²) in [5.41, 5.74) is 4.14. The molecule has 0 radical (unpaired) electrons. The number of cyclic esters (lactones) is 1. The highest BCUT2D eigenvalue weighted by atomic mass is 32.2. The van der Waals surface area contributed by atoms with Gasteiger partial charge in [-0.25, -0.2) is 4.79 Å². The topological polar surface area (TPSA) is 128 Å². The molecule has 9 heteroatoms. The average Bonchev–Trinajstić information content (AvgIpc) is 2.83. The smallest absolute Gasteiger partial charge is 0.415 e. The molecule has 1 unspecified atom stereocenters. The summed E-state index contributed by atoms with van der Waals surface area (Å²) in [6.45, 7) is 13.0. The lowest BCUT2D eigenvalue weighted by Gasteiger charge is -2.43. The van der Waals surface area contributed by atoms with Gasteiger partial charge in [-0.1, -0.05) is 52.0 Å². The SMILES string of the molecule is CCC1(CC)OC(=O)N(CCC(C)(C)CCC(O)c2ccc(O)c(C)c2)c2c(C)cccc21.N=S(=O)=O. The van der Waals surface area contributed by atoms with E-state index in [0.29, 0.717) is 13.0 Å². The van der Waals surface area contributed by atoms with Crippen molar-refractivity contribution < 1.29 is 28.2 Å². The predicted molar refractivity (Wildman–Crippen MR) is 144 cm³/mol. The fourth-order valence-electron chi connectivity index (χ4n) is 4.85. The third kappa shape index (κ3) is 7.55. The number of hydrogen-bond donors (Lipinski definition) is 3. The van der Waals surface area contributed by atoms with Crippen LogP contribution in [0.4, 0.5) is 10.5 Å². The molecule has 0 saturated heterocycles. The van der Waals surface area contributed by atoms with Crippen molar-refractivity contribution in [3.05, 3.63) is 58.7 Å². The van der Waals surface area contributed by atoms with Crippen molar-refractivity contribution in [1.82, 2.24) is 0 Å². The average molecular weight is 533 g/mol. The minimum atomic E-state index is -2.61. The third-order valence-corrected chi connectivity index (χ3v) is 7.36. The molecule has 37 heavy (non-hydrogen) atoms. The number of benzene rings is 2. The Balaban J connectivity index is 0.00000112. The molecule has 1 aliphatic heterocycles. The first-order chi connectivity index (χ1) is 17.3. The molecular formula is C28H40N2O6S. The van der Waals surface area contributed by atoms with Gasteiger partial charge >= 0.3 is 16.6 Å². The summed E-state index contributed by atoms with van der Waals surface area (Å²) < 4.78 is 28.9. The number of nitrogens with zero attached hydrogens (tertiary/aromatic N) is 1. The second kappa shape index (κ2) is 12.6. The fraction of sp³-hybridized carbons (Fsp3) is 0.536. The zero-order chi connectivity index (χ0) is 28.0. The Bertz CT molecular complexity index is 1200. The van der Waals surface area contributed by atoms with Crippen LogP contribution in [0.1, 0.15) is 88.2 Å².